The molecule has 0 saturated heterocycles. The van der Waals surface area contributed by atoms with E-state index in [1.165, 1.54) is 0 Å². The van der Waals surface area contributed by atoms with Crippen LogP contribution < -0.4 is 0 Å². The third-order valence-electron chi connectivity index (χ3n) is 1.87. The Hall–Kier alpha value is -0.422. The molecule has 1 aromatic carbocycles. The fourth-order valence-electron chi connectivity index (χ4n) is 1.33. The number of benzene rings is 1. The van der Waals surface area contributed by atoms with Crippen LogP contribution in [0.3, 0.4) is 0 Å². The van der Waals surface area contributed by atoms with Crippen LogP contribution in [0.2, 0.25) is 0 Å². The molecule has 0 saturated carbocycles. The fraction of sp³-hybridized carbons (Fsp3) is 0.222. The third-order valence-corrected chi connectivity index (χ3v) is 1.87. The van der Waals surface area contributed by atoms with Crippen molar-refractivity contribution >= 4 is 5.78 Å². The Morgan fingerprint density at radius 2 is 2.18 bits per heavy atom. The van der Waals surface area contributed by atoms with Crippen LogP contribution >= 0.6 is 0 Å². The molecule has 0 bridgehead atoms. The minimum atomic E-state index is 0. The van der Waals surface area contributed by atoms with Crippen molar-refractivity contribution in [1.82, 2.24) is 0 Å². The molecule has 0 fully saturated rings. The van der Waals surface area contributed by atoms with Gasteiger partial charge in [-0.05, 0) is 0 Å². The Bertz CT molecular complexity index is 281. The first-order chi connectivity index (χ1) is 4.88. The van der Waals surface area contributed by atoms with Gasteiger partial charge in [-0.1, -0.05) is 12.0 Å². The van der Waals surface area contributed by atoms with Crippen LogP contribution in [0, 0.1) is 6.07 Å². The van der Waals surface area contributed by atoms with Crippen LogP contribution in [0.1, 0.15) is 22.3 Å². The summed E-state index contributed by atoms with van der Waals surface area (Å²) in [6.07, 6.45) is 1.60. The molecule has 0 atom stereocenters. The summed E-state index contributed by atoms with van der Waals surface area (Å²) < 4.78 is 0. The minimum absolute atomic E-state index is 0. The Labute approximate surface area is 80.1 Å². The average Bonchev–Trinajstić information content (AvgIpc) is 2.34. The molecule has 0 N–H and O–H groups in total. The van der Waals surface area contributed by atoms with E-state index in [0.717, 1.165) is 17.5 Å². The summed E-state index contributed by atoms with van der Waals surface area (Å²) in [5.41, 5.74) is 2.06. The maximum Gasteiger partial charge on any atom is 0.138 e. The zero-order valence-electron chi connectivity index (χ0n) is 5.96. The standard InChI is InChI=1S/C9H7O.W/c10-9-6-5-7-3-1-2-4-8(7)9;/h2-4H,5-6H2;/q-1;. The molecule has 0 amide bonds. The summed E-state index contributed by atoms with van der Waals surface area (Å²) in [4.78, 5) is 11.1. The van der Waals surface area contributed by atoms with Gasteiger partial charge in [0.05, 0.1) is 0 Å². The van der Waals surface area contributed by atoms with Crippen molar-refractivity contribution in [3.05, 3.63) is 35.4 Å². The number of aryl methyl sites for hydroxylation is 1. The van der Waals surface area contributed by atoms with Gasteiger partial charge in [0.15, 0.2) is 0 Å². The van der Waals surface area contributed by atoms with Crippen molar-refractivity contribution in [3.8, 4) is 0 Å². The number of hydrogen-bond donors (Lipinski definition) is 0. The van der Waals surface area contributed by atoms with E-state index in [1.54, 1.807) is 6.07 Å². The molecule has 2 rings (SSSR count). The summed E-state index contributed by atoms with van der Waals surface area (Å²) in [5.74, 6) is 0.281. The average molecular weight is 315 g/mol. The Kier molecular flexibility index (Phi) is 2.61. The molecule has 1 aromatic rings. The van der Waals surface area contributed by atoms with E-state index in [0.29, 0.717) is 6.42 Å². The van der Waals surface area contributed by atoms with Crippen LogP contribution in [-0.2, 0) is 27.5 Å². The van der Waals surface area contributed by atoms with Gasteiger partial charge in [0.1, 0.15) is 5.78 Å². The number of carbonyl (C=O) groups is 1. The topological polar surface area (TPSA) is 17.1 Å². The monoisotopic (exact) mass is 315 g/mol. The normalized spacial score (nSPS) is 14.0. The van der Waals surface area contributed by atoms with Gasteiger partial charge in [-0.25, -0.2) is 0 Å². The molecule has 1 nitrogen and oxygen atoms in total. The molecule has 0 heterocycles. The Balaban J connectivity index is 0.000000605. The van der Waals surface area contributed by atoms with Gasteiger partial charge in [0.2, 0.25) is 0 Å². The van der Waals surface area contributed by atoms with E-state index < -0.39 is 0 Å². The summed E-state index contributed by atoms with van der Waals surface area (Å²) in [5, 5.41) is 0. The first kappa shape index (κ1) is 8.67. The van der Waals surface area contributed by atoms with Crippen LogP contribution in [0.5, 0.6) is 0 Å². The van der Waals surface area contributed by atoms with Crippen LogP contribution in [-0.4, -0.2) is 5.78 Å². The van der Waals surface area contributed by atoms with Crippen LogP contribution in [0.4, 0.5) is 0 Å². The van der Waals surface area contributed by atoms with E-state index >= 15 is 0 Å². The predicted molar refractivity (Wildman–Crippen MR) is 37.9 cm³/mol. The van der Waals surface area contributed by atoms with Crippen molar-refractivity contribution in [2.24, 2.45) is 0 Å². The zero-order chi connectivity index (χ0) is 6.97. The Morgan fingerprint density at radius 3 is 2.91 bits per heavy atom. The molecule has 2 heteroatoms. The fourth-order valence-corrected chi connectivity index (χ4v) is 1.33. The number of ketones is 1. The molecule has 56 valence electrons. The van der Waals surface area contributed by atoms with Gasteiger partial charge >= 0.3 is 0 Å². The van der Waals surface area contributed by atoms with E-state index in [1.807, 2.05) is 12.1 Å². The molecular weight excluding hydrogens is 308 g/mol. The van der Waals surface area contributed by atoms with Crippen molar-refractivity contribution < 1.29 is 25.9 Å². The second kappa shape index (κ2) is 3.32. The summed E-state index contributed by atoms with van der Waals surface area (Å²) >= 11 is 0. The first-order valence-electron chi connectivity index (χ1n) is 3.40. The molecule has 0 aliphatic heterocycles. The largest absolute Gasteiger partial charge is 0.297 e. The molecule has 0 radical (unpaired) electrons. The molecular formula is C9H7OW-. The van der Waals surface area contributed by atoms with Crippen molar-refractivity contribution in [2.45, 2.75) is 12.8 Å². The summed E-state index contributed by atoms with van der Waals surface area (Å²) in [6, 6.07) is 8.51. The van der Waals surface area contributed by atoms with Crippen LogP contribution in [0.25, 0.3) is 0 Å². The number of fused-ring (bicyclic) bond motifs is 1. The van der Waals surface area contributed by atoms with Gasteiger partial charge in [-0.2, -0.15) is 24.3 Å². The number of hydrogen-bond acceptors (Lipinski definition) is 1. The maximum atomic E-state index is 11.1. The molecule has 11 heavy (non-hydrogen) atoms. The molecule has 1 aliphatic carbocycles. The van der Waals surface area contributed by atoms with Gasteiger partial charge in [0.25, 0.3) is 0 Å². The smallest absolute Gasteiger partial charge is 0.138 e. The first-order valence-corrected chi connectivity index (χ1v) is 3.40. The predicted octanol–water partition coefficient (Wildman–Crippen LogP) is 1.61. The number of rotatable bonds is 0. The maximum absolute atomic E-state index is 11.1. The van der Waals surface area contributed by atoms with Crippen molar-refractivity contribution in [1.29, 1.82) is 0 Å². The van der Waals surface area contributed by atoms with Crippen molar-refractivity contribution in [2.75, 3.05) is 0 Å². The van der Waals surface area contributed by atoms with E-state index in [4.69, 9.17) is 0 Å². The van der Waals surface area contributed by atoms with Gasteiger partial charge in [0, 0.05) is 27.5 Å². The minimum Gasteiger partial charge on any atom is -0.297 e. The van der Waals surface area contributed by atoms with E-state index in [2.05, 4.69) is 6.07 Å². The molecule has 0 aromatic heterocycles. The SMILES string of the molecule is O=C1CCc2c[c-]ccc21.[W]. The number of Topliss-reactive ketones (excluding diaryl/α,β-unsaturated/α-hetero) is 1. The summed E-state index contributed by atoms with van der Waals surface area (Å²) in [7, 11) is 0. The zero-order valence-corrected chi connectivity index (χ0v) is 8.90. The van der Waals surface area contributed by atoms with Gasteiger partial charge in [-0.3, -0.25) is 4.79 Å². The van der Waals surface area contributed by atoms with Gasteiger partial charge in [-0.15, -0.1) is 5.56 Å². The molecule has 1 aliphatic rings. The second-order valence-electron chi connectivity index (χ2n) is 2.51. The molecule has 0 unspecified atom stereocenters. The Morgan fingerprint density at radius 1 is 1.36 bits per heavy atom. The summed E-state index contributed by atoms with van der Waals surface area (Å²) in [6.45, 7) is 0. The van der Waals surface area contributed by atoms with E-state index in [9.17, 15) is 4.79 Å². The van der Waals surface area contributed by atoms with E-state index in [-0.39, 0.29) is 26.8 Å². The quantitative estimate of drug-likeness (QED) is 0.665. The molecule has 0 spiro atoms. The van der Waals surface area contributed by atoms with Gasteiger partial charge < -0.3 is 0 Å². The number of carbonyl (C=O) groups excluding carboxylic acids is 1. The van der Waals surface area contributed by atoms with Crippen LogP contribution in [0.15, 0.2) is 18.2 Å². The second-order valence-corrected chi connectivity index (χ2v) is 2.51. The van der Waals surface area contributed by atoms with Crippen molar-refractivity contribution in [3.63, 3.8) is 0 Å². The third kappa shape index (κ3) is 1.44.